The van der Waals surface area contributed by atoms with Gasteiger partial charge in [0.1, 0.15) is 0 Å². The number of halogens is 1. The van der Waals surface area contributed by atoms with Crippen LogP contribution in [0.4, 0.5) is 0 Å². The molecule has 1 aliphatic heterocycles. The third kappa shape index (κ3) is 6.83. The molecule has 126 valence electrons. The van der Waals surface area contributed by atoms with Gasteiger partial charge in [0.25, 0.3) is 0 Å². The van der Waals surface area contributed by atoms with Gasteiger partial charge >= 0.3 is 0 Å². The summed E-state index contributed by atoms with van der Waals surface area (Å²) in [6.07, 6.45) is 5.26. The fourth-order valence-corrected chi connectivity index (χ4v) is 3.44. The van der Waals surface area contributed by atoms with Gasteiger partial charge in [-0.1, -0.05) is 0 Å². The van der Waals surface area contributed by atoms with E-state index in [0.717, 1.165) is 19.0 Å². The van der Waals surface area contributed by atoms with Crippen molar-refractivity contribution in [3.63, 3.8) is 0 Å². The molecule has 0 aliphatic carbocycles. The van der Waals surface area contributed by atoms with Crippen LogP contribution in [0.5, 0.6) is 0 Å². The number of unbranched alkanes of at least 4 members (excludes halogenated alkanes) is 1. The first-order chi connectivity index (χ1) is 10.3. The second-order valence-electron chi connectivity index (χ2n) is 5.72. The average Bonchev–Trinajstić information content (AvgIpc) is 3.16. The van der Waals surface area contributed by atoms with Crippen molar-refractivity contribution in [1.82, 2.24) is 15.1 Å². The molecule has 0 saturated carbocycles. The number of guanidine groups is 1. The number of hydrogen-bond donors (Lipinski definition) is 1. The van der Waals surface area contributed by atoms with E-state index in [2.05, 4.69) is 44.0 Å². The molecule has 1 aliphatic rings. The van der Waals surface area contributed by atoms with Gasteiger partial charge in [0.05, 0.1) is 0 Å². The second-order valence-corrected chi connectivity index (χ2v) is 6.50. The number of aliphatic imine (C=N–C) groups is 1. The van der Waals surface area contributed by atoms with Crippen molar-refractivity contribution in [3.8, 4) is 0 Å². The molecule has 0 bridgehead atoms. The molecule has 1 N–H and O–H groups in total. The highest BCUT2D eigenvalue weighted by molar-refractivity contribution is 14.0. The van der Waals surface area contributed by atoms with Crippen LogP contribution in [0.15, 0.2) is 21.8 Å². The fourth-order valence-electron chi connectivity index (χ4n) is 2.78. The normalized spacial score (nSPS) is 15.6. The summed E-state index contributed by atoms with van der Waals surface area (Å²) in [6.45, 7) is 5.79. The summed E-state index contributed by atoms with van der Waals surface area (Å²) in [5.41, 5.74) is 1.35. The van der Waals surface area contributed by atoms with Crippen LogP contribution in [0.25, 0.3) is 0 Å². The largest absolute Gasteiger partial charge is 0.356 e. The third-order valence-corrected chi connectivity index (χ3v) is 4.69. The van der Waals surface area contributed by atoms with Crippen LogP contribution >= 0.6 is 35.3 Å². The third-order valence-electron chi connectivity index (χ3n) is 3.96. The Kier molecular flexibility index (Phi) is 10.1. The second kappa shape index (κ2) is 11.2. The van der Waals surface area contributed by atoms with Gasteiger partial charge in [0, 0.05) is 27.2 Å². The summed E-state index contributed by atoms with van der Waals surface area (Å²) in [6, 6.07) is 2.17. The Morgan fingerprint density at radius 1 is 1.36 bits per heavy atom. The van der Waals surface area contributed by atoms with Crippen LogP contribution in [-0.2, 0) is 6.54 Å². The SMILES string of the molecule is CN=C(NCCCCN1CCCC1)N(C)Cc1ccsc1.I. The van der Waals surface area contributed by atoms with Gasteiger partial charge in [0.15, 0.2) is 5.96 Å². The highest BCUT2D eigenvalue weighted by Gasteiger charge is 2.10. The quantitative estimate of drug-likeness (QED) is 0.308. The van der Waals surface area contributed by atoms with E-state index in [0.29, 0.717) is 0 Å². The molecule has 0 aromatic carbocycles. The summed E-state index contributed by atoms with van der Waals surface area (Å²) in [5, 5.41) is 7.78. The molecule has 0 amide bonds. The first kappa shape index (κ1) is 19.7. The van der Waals surface area contributed by atoms with E-state index in [1.165, 1.54) is 50.9 Å². The Balaban J connectivity index is 0.00000242. The molecule has 1 aromatic rings. The van der Waals surface area contributed by atoms with Gasteiger partial charge < -0.3 is 15.1 Å². The summed E-state index contributed by atoms with van der Waals surface area (Å²) in [5.74, 6) is 0.988. The Bertz CT molecular complexity index is 416. The monoisotopic (exact) mass is 436 g/mol. The molecule has 0 radical (unpaired) electrons. The lowest BCUT2D eigenvalue weighted by molar-refractivity contribution is 0.330. The molecule has 1 fully saturated rings. The molecular weight excluding hydrogens is 407 g/mol. The minimum atomic E-state index is 0. The smallest absolute Gasteiger partial charge is 0.193 e. The van der Waals surface area contributed by atoms with Crippen molar-refractivity contribution in [2.45, 2.75) is 32.2 Å². The molecule has 2 rings (SSSR count). The van der Waals surface area contributed by atoms with Gasteiger partial charge in [0.2, 0.25) is 0 Å². The summed E-state index contributed by atoms with van der Waals surface area (Å²) < 4.78 is 0. The number of nitrogens with zero attached hydrogens (tertiary/aromatic N) is 3. The maximum atomic E-state index is 4.37. The molecule has 0 atom stereocenters. The molecule has 1 aromatic heterocycles. The van der Waals surface area contributed by atoms with E-state index < -0.39 is 0 Å². The summed E-state index contributed by atoms with van der Waals surface area (Å²) >= 11 is 1.75. The van der Waals surface area contributed by atoms with Gasteiger partial charge in [-0.25, -0.2) is 0 Å². The number of thiophene rings is 1. The predicted molar refractivity (Wildman–Crippen MR) is 107 cm³/mol. The Morgan fingerprint density at radius 2 is 2.14 bits per heavy atom. The van der Waals surface area contributed by atoms with Crippen LogP contribution in [0.1, 0.15) is 31.2 Å². The fraction of sp³-hybridized carbons (Fsp3) is 0.688. The number of hydrogen-bond acceptors (Lipinski definition) is 3. The lowest BCUT2D eigenvalue weighted by Gasteiger charge is -2.22. The predicted octanol–water partition coefficient (Wildman–Crippen LogP) is 3.25. The first-order valence-electron chi connectivity index (χ1n) is 7.95. The molecular formula is C16H29IN4S. The Labute approximate surface area is 156 Å². The highest BCUT2D eigenvalue weighted by atomic mass is 127. The highest BCUT2D eigenvalue weighted by Crippen LogP contribution is 2.09. The molecule has 1 saturated heterocycles. The van der Waals surface area contributed by atoms with Gasteiger partial charge in [-0.15, -0.1) is 24.0 Å². The van der Waals surface area contributed by atoms with E-state index in [1.54, 1.807) is 11.3 Å². The number of likely N-dealkylation sites (tertiary alicyclic amines) is 1. The van der Waals surface area contributed by atoms with Gasteiger partial charge in [-0.3, -0.25) is 4.99 Å². The van der Waals surface area contributed by atoms with Gasteiger partial charge in [-0.05, 0) is 67.7 Å². The maximum absolute atomic E-state index is 4.37. The van der Waals surface area contributed by atoms with Crippen molar-refractivity contribution < 1.29 is 0 Å². The number of rotatable bonds is 7. The molecule has 4 nitrogen and oxygen atoms in total. The van der Waals surface area contributed by atoms with Crippen LogP contribution in [0.3, 0.4) is 0 Å². The zero-order chi connectivity index (χ0) is 14.9. The molecule has 0 spiro atoms. The van der Waals surface area contributed by atoms with E-state index in [1.807, 2.05) is 7.05 Å². The first-order valence-corrected chi connectivity index (χ1v) is 8.89. The number of nitrogens with one attached hydrogen (secondary N) is 1. The Hall–Kier alpha value is -0.340. The van der Waals surface area contributed by atoms with E-state index in [9.17, 15) is 0 Å². The van der Waals surface area contributed by atoms with Crippen LogP contribution in [-0.4, -0.2) is 56.0 Å². The lowest BCUT2D eigenvalue weighted by atomic mass is 10.3. The lowest BCUT2D eigenvalue weighted by Crippen LogP contribution is -2.39. The van der Waals surface area contributed by atoms with Crippen LogP contribution in [0.2, 0.25) is 0 Å². The van der Waals surface area contributed by atoms with Crippen LogP contribution in [0, 0.1) is 0 Å². The summed E-state index contributed by atoms with van der Waals surface area (Å²) in [7, 11) is 3.95. The molecule has 0 unspecified atom stereocenters. The van der Waals surface area contributed by atoms with Crippen molar-refractivity contribution >= 4 is 41.3 Å². The van der Waals surface area contributed by atoms with Gasteiger partial charge in [-0.2, -0.15) is 11.3 Å². The van der Waals surface area contributed by atoms with Crippen molar-refractivity contribution in [2.24, 2.45) is 4.99 Å². The zero-order valence-electron chi connectivity index (χ0n) is 13.8. The van der Waals surface area contributed by atoms with E-state index in [-0.39, 0.29) is 24.0 Å². The average molecular weight is 436 g/mol. The minimum absolute atomic E-state index is 0. The molecule has 6 heteroatoms. The van der Waals surface area contributed by atoms with Crippen molar-refractivity contribution in [3.05, 3.63) is 22.4 Å². The van der Waals surface area contributed by atoms with E-state index >= 15 is 0 Å². The summed E-state index contributed by atoms with van der Waals surface area (Å²) in [4.78, 5) is 9.13. The van der Waals surface area contributed by atoms with Crippen LogP contribution < -0.4 is 5.32 Å². The van der Waals surface area contributed by atoms with Crippen molar-refractivity contribution in [2.75, 3.05) is 40.3 Å². The standard InChI is InChI=1S/C16H28N4S.HI/c1-17-16(19(2)13-15-7-12-21-14-15)18-8-3-4-9-20-10-5-6-11-20;/h7,12,14H,3-6,8-11,13H2,1-2H3,(H,17,18);1H. The van der Waals surface area contributed by atoms with E-state index in [4.69, 9.17) is 0 Å². The molecule has 2 heterocycles. The molecule has 22 heavy (non-hydrogen) atoms. The maximum Gasteiger partial charge on any atom is 0.193 e. The zero-order valence-corrected chi connectivity index (χ0v) is 16.9. The minimum Gasteiger partial charge on any atom is -0.356 e. The van der Waals surface area contributed by atoms with Crippen molar-refractivity contribution in [1.29, 1.82) is 0 Å². The topological polar surface area (TPSA) is 30.9 Å². The Morgan fingerprint density at radius 3 is 2.77 bits per heavy atom.